The fraction of sp³-hybridized carbons (Fsp3) is 0.500. The Balaban J connectivity index is 2.93. The summed E-state index contributed by atoms with van der Waals surface area (Å²) in [5.74, 6) is 1.27. The van der Waals surface area contributed by atoms with Gasteiger partial charge in [-0.25, -0.2) is 4.98 Å². The molecule has 1 rings (SSSR count). The minimum Gasteiger partial charge on any atom is -0.478 e. The zero-order valence-electron chi connectivity index (χ0n) is 8.49. The maximum Gasteiger partial charge on any atom is 0.216 e. The van der Waals surface area contributed by atoms with E-state index < -0.39 is 0 Å². The zero-order chi connectivity index (χ0) is 10.4. The van der Waals surface area contributed by atoms with Crippen molar-refractivity contribution < 1.29 is 9.53 Å². The van der Waals surface area contributed by atoms with Gasteiger partial charge in [-0.15, -0.1) is 0 Å². The summed E-state index contributed by atoms with van der Waals surface area (Å²) in [5.41, 5.74) is 0.718. The van der Waals surface area contributed by atoms with Gasteiger partial charge in [-0.3, -0.25) is 0 Å². The lowest BCUT2D eigenvalue weighted by Crippen LogP contribution is -2.03. The molecule has 1 aromatic rings. The minimum atomic E-state index is 0.315. The highest BCUT2D eigenvalue weighted by Crippen LogP contribution is 2.09. The maximum atomic E-state index is 10.3. The molecule has 14 heavy (non-hydrogen) atoms. The number of aryl methyl sites for hydroxylation is 1. The zero-order valence-corrected chi connectivity index (χ0v) is 8.49. The van der Waals surface area contributed by atoms with E-state index in [1.54, 1.807) is 6.07 Å². The Morgan fingerprint density at radius 2 is 2.21 bits per heavy atom. The van der Waals surface area contributed by atoms with Crippen molar-refractivity contribution in [2.75, 3.05) is 6.61 Å². The number of rotatable bonds is 5. The lowest BCUT2D eigenvalue weighted by atomic mass is 10.3. The van der Waals surface area contributed by atoms with Crippen molar-refractivity contribution >= 4 is 6.29 Å². The number of hydrogen-bond acceptors (Lipinski definition) is 4. The lowest BCUT2D eigenvalue weighted by Gasteiger charge is -2.05. The van der Waals surface area contributed by atoms with E-state index in [0.29, 0.717) is 24.7 Å². The van der Waals surface area contributed by atoms with E-state index in [2.05, 4.69) is 9.97 Å². The molecule has 0 radical (unpaired) electrons. The molecule has 0 N–H and O–H groups in total. The molecule has 0 aliphatic rings. The van der Waals surface area contributed by atoms with Crippen molar-refractivity contribution in [2.45, 2.75) is 26.7 Å². The van der Waals surface area contributed by atoms with Gasteiger partial charge in [0.25, 0.3) is 0 Å². The van der Waals surface area contributed by atoms with Crippen molar-refractivity contribution in [3.8, 4) is 5.88 Å². The van der Waals surface area contributed by atoms with Crippen molar-refractivity contribution in [3.63, 3.8) is 0 Å². The predicted molar refractivity (Wildman–Crippen MR) is 52.3 cm³/mol. The summed E-state index contributed by atoms with van der Waals surface area (Å²) >= 11 is 0. The average molecular weight is 194 g/mol. The van der Waals surface area contributed by atoms with E-state index in [1.165, 1.54) is 0 Å². The van der Waals surface area contributed by atoms with Gasteiger partial charge in [-0.1, -0.05) is 6.92 Å². The molecule has 0 aliphatic heterocycles. The van der Waals surface area contributed by atoms with E-state index in [4.69, 9.17) is 4.74 Å². The van der Waals surface area contributed by atoms with Crippen LogP contribution in [0.2, 0.25) is 0 Å². The van der Waals surface area contributed by atoms with Crippen LogP contribution in [0.5, 0.6) is 5.88 Å². The van der Waals surface area contributed by atoms with Crippen molar-refractivity contribution in [1.29, 1.82) is 0 Å². The van der Waals surface area contributed by atoms with Crippen molar-refractivity contribution in [3.05, 3.63) is 17.6 Å². The summed E-state index contributed by atoms with van der Waals surface area (Å²) < 4.78 is 5.27. The molecule has 0 spiro atoms. The van der Waals surface area contributed by atoms with E-state index in [0.717, 1.165) is 18.4 Å². The van der Waals surface area contributed by atoms with Crippen molar-refractivity contribution in [1.82, 2.24) is 9.97 Å². The van der Waals surface area contributed by atoms with Gasteiger partial charge in [-0.05, 0) is 6.92 Å². The first-order valence-corrected chi connectivity index (χ1v) is 4.73. The van der Waals surface area contributed by atoms with Crippen LogP contribution in [0.1, 0.15) is 25.4 Å². The van der Waals surface area contributed by atoms with E-state index in [1.807, 2.05) is 13.8 Å². The second kappa shape index (κ2) is 5.32. The van der Waals surface area contributed by atoms with Crippen LogP contribution >= 0.6 is 0 Å². The average Bonchev–Trinajstić information content (AvgIpc) is 2.18. The number of carbonyl (C=O) groups excluding carboxylic acids is 1. The molecular formula is C10H14N2O2. The standard InChI is InChI=1S/C10H14N2O2/c1-3-9-11-8(5-6-13)7-10(12-9)14-4-2/h6-7H,3-5H2,1-2H3. The first-order valence-electron chi connectivity index (χ1n) is 4.73. The molecule has 76 valence electrons. The summed E-state index contributed by atoms with van der Waals surface area (Å²) in [5, 5.41) is 0. The highest BCUT2D eigenvalue weighted by atomic mass is 16.5. The topological polar surface area (TPSA) is 52.1 Å². The molecule has 0 saturated heterocycles. The quantitative estimate of drug-likeness (QED) is 0.660. The van der Waals surface area contributed by atoms with Crippen LogP contribution in [-0.4, -0.2) is 22.9 Å². The molecule has 0 unspecified atom stereocenters. The summed E-state index contributed by atoms with van der Waals surface area (Å²) in [6.07, 6.45) is 1.89. The van der Waals surface area contributed by atoms with Gasteiger partial charge in [0.05, 0.1) is 12.3 Å². The third kappa shape index (κ3) is 2.80. The number of nitrogens with zero attached hydrogens (tertiary/aromatic N) is 2. The van der Waals surface area contributed by atoms with E-state index >= 15 is 0 Å². The molecule has 0 fully saturated rings. The SMILES string of the molecule is CCOc1cc(CC=O)nc(CC)n1. The van der Waals surface area contributed by atoms with Gasteiger partial charge in [0.1, 0.15) is 12.1 Å². The van der Waals surface area contributed by atoms with Gasteiger partial charge in [0, 0.05) is 18.9 Å². The lowest BCUT2D eigenvalue weighted by molar-refractivity contribution is -0.107. The number of aromatic nitrogens is 2. The molecule has 0 amide bonds. The van der Waals surface area contributed by atoms with Gasteiger partial charge in [0.2, 0.25) is 5.88 Å². The Hall–Kier alpha value is -1.45. The van der Waals surface area contributed by atoms with Gasteiger partial charge < -0.3 is 9.53 Å². The number of carbonyl (C=O) groups is 1. The molecule has 1 aromatic heterocycles. The molecule has 4 heteroatoms. The molecule has 0 aromatic carbocycles. The molecular weight excluding hydrogens is 180 g/mol. The number of hydrogen-bond donors (Lipinski definition) is 0. The fourth-order valence-corrected chi connectivity index (χ4v) is 1.09. The van der Waals surface area contributed by atoms with Crippen LogP contribution in [0.25, 0.3) is 0 Å². The van der Waals surface area contributed by atoms with Gasteiger partial charge in [-0.2, -0.15) is 4.98 Å². The third-order valence-electron chi connectivity index (χ3n) is 1.70. The van der Waals surface area contributed by atoms with Crippen LogP contribution in [-0.2, 0) is 17.6 Å². The normalized spacial score (nSPS) is 9.86. The second-order valence-corrected chi connectivity index (χ2v) is 2.77. The van der Waals surface area contributed by atoms with Crippen LogP contribution in [0.4, 0.5) is 0 Å². The summed E-state index contributed by atoms with van der Waals surface area (Å²) in [6.45, 7) is 4.43. The fourth-order valence-electron chi connectivity index (χ4n) is 1.09. The Kier molecular flexibility index (Phi) is 4.04. The van der Waals surface area contributed by atoms with Crippen LogP contribution in [0.15, 0.2) is 6.07 Å². The maximum absolute atomic E-state index is 10.3. The van der Waals surface area contributed by atoms with Crippen molar-refractivity contribution in [2.24, 2.45) is 0 Å². The molecule has 4 nitrogen and oxygen atoms in total. The Labute approximate surface area is 83.3 Å². The number of ether oxygens (including phenoxy) is 1. The second-order valence-electron chi connectivity index (χ2n) is 2.77. The summed E-state index contributed by atoms with van der Waals surface area (Å²) in [4.78, 5) is 18.7. The smallest absolute Gasteiger partial charge is 0.216 e. The molecule has 0 saturated carbocycles. The van der Waals surface area contributed by atoms with Gasteiger partial charge in [0.15, 0.2) is 0 Å². The molecule has 0 aliphatic carbocycles. The van der Waals surface area contributed by atoms with Crippen LogP contribution < -0.4 is 4.74 Å². The third-order valence-corrected chi connectivity index (χ3v) is 1.70. The molecule has 0 atom stereocenters. The Bertz CT molecular complexity index is 313. The number of aldehydes is 1. The highest BCUT2D eigenvalue weighted by Gasteiger charge is 2.03. The predicted octanol–water partition coefficient (Wildman–Crippen LogP) is 1.18. The summed E-state index contributed by atoms with van der Waals surface area (Å²) in [6, 6.07) is 1.71. The monoisotopic (exact) mass is 194 g/mol. The van der Waals surface area contributed by atoms with Crippen LogP contribution in [0, 0.1) is 0 Å². The highest BCUT2D eigenvalue weighted by molar-refractivity contribution is 5.53. The molecule has 0 bridgehead atoms. The van der Waals surface area contributed by atoms with E-state index in [-0.39, 0.29) is 0 Å². The Morgan fingerprint density at radius 3 is 2.79 bits per heavy atom. The van der Waals surface area contributed by atoms with Gasteiger partial charge >= 0.3 is 0 Å². The summed E-state index contributed by atoms with van der Waals surface area (Å²) in [7, 11) is 0. The Morgan fingerprint density at radius 1 is 1.43 bits per heavy atom. The first-order chi connectivity index (χ1) is 6.80. The minimum absolute atomic E-state index is 0.315. The largest absolute Gasteiger partial charge is 0.478 e. The van der Waals surface area contributed by atoms with Crippen LogP contribution in [0.3, 0.4) is 0 Å². The first kappa shape index (κ1) is 10.6. The molecule has 1 heterocycles. The van der Waals surface area contributed by atoms with E-state index in [9.17, 15) is 4.79 Å².